The van der Waals surface area contributed by atoms with Crippen molar-refractivity contribution in [2.24, 2.45) is 0 Å². The van der Waals surface area contributed by atoms with Gasteiger partial charge in [0.15, 0.2) is 0 Å². The molecule has 1 aliphatic rings. The molecule has 2 aromatic rings. The van der Waals surface area contributed by atoms with Crippen LogP contribution < -0.4 is 0 Å². The summed E-state index contributed by atoms with van der Waals surface area (Å²) in [6, 6.07) is 8.14. The van der Waals surface area contributed by atoms with Gasteiger partial charge in [0.2, 0.25) is 10.0 Å². The fourth-order valence-electron chi connectivity index (χ4n) is 2.83. The van der Waals surface area contributed by atoms with Gasteiger partial charge in [-0.1, -0.05) is 12.1 Å². The lowest BCUT2D eigenvalue weighted by Gasteiger charge is -2.34. The van der Waals surface area contributed by atoms with Gasteiger partial charge in [-0.15, -0.1) is 0 Å². The first kappa shape index (κ1) is 18.8. The van der Waals surface area contributed by atoms with Crippen LogP contribution in [0.1, 0.15) is 11.1 Å². The highest BCUT2D eigenvalue weighted by molar-refractivity contribution is 7.89. The van der Waals surface area contributed by atoms with Crippen LogP contribution in [-0.2, 0) is 22.7 Å². The summed E-state index contributed by atoms with van der Waals surface area (Å²) in [5.41, 5.74) is 0.0928. The van der Waals surface area contributed by atoms with E-state index >= 15 is 0 Å². The number of benzene rings is 1. The number of aromatic nitrogens is 1. The molecule has 0 unspecified atom stereocenters. The van der Waals surface area contributed by atoms with E-state index in [0.717, 1.165) is 17.7 Å². The molecule has 1 saturated heterocycles. The Kier molecular flexibility index (Phi) is 5.31. The van der Waals surface area contributed by atoms with Gasteiger partial charge in [0.1, 0.15) is 4.90 Å². The molecule has 0 amide bonds. The molecule has 0 bridgehead atoms. The van der Waals surface area contributed by atoms with Crippen LogP contribution in [0.25, 0.3) is 0 Å². The van der Waals surface area contributed by atoms with Crippen molar-refractivity contribution >= 4 is 10.0 Å². The normalized spacial score (nSPS) is 17.3. The number of rotatable bonds is 4. The number of alkyl halides is 3. The highest BCUT2D eigenvalue weighted by Crippen LogP contribution is 2.29. The van der Waals surface area contributed by atoms with Crippen LogP contribution in [0.4, 0.5) is 13.2 Å². The largest absolute Gasteiger partial charge is 0.416 e. The van der Waals surface area contributed by atoms with Gasteiger partial charge in [-0.25, -0.2) is 8.42 Å². The van der Waals surface area contributed by atoms with Crippen molar-refractivity contribution in [3.63, 3.8) is 0 Å². The van der Waals surface area contributed by atoms with E-state index in [2.05, 4.69) is 4.98 Å². The second-order valence-corrected chi connectivity index (χ2v) is 8.00. The lowest BCUT2D eigenvalue weighted by molar-refractivity contribution is -0.137. The molecule has 0 N–H and O–H groups in total. The molecule has 3 rings (SSSR count). The monoisotopic (exact) mass is 385 g/mol. The Labute approximate surface area is 150 Å². The number of sulfonamides is 1. The minimum atomic E-state index is -4.34. The summed E-state index contributed by atoms with van der Waals surface area (Å²) < 4.78 is 64.3. The van der Waals surface area contributed by atoms with Gasteiger partial charge in [0, 0.05) is 45.1 Å². The Hall–Kier alpha value is -1.97. The molecule has 26 heavy (non-hydrogen) atoms. The summed E-state index contributed by atoms with van der Waals surface area (Å²) in [7, 11) is -3.56. The summed E-state index contributed by atoms with van der Waals surface area (Å²) in [6.07, 6.45) is -1.50. The maximum Gasteiger partial charge on any atom is 0.416 e. The number of nitrogens with zero attached hydrogens (tertiary/aromatic N) is 3. The molecule has 2 heterocycles. The molecule has 0 atom stereocenters. The third-order valence-corrected chi connectivity index (χ3v) is 6.17. The van der Waals surface area contributed by atoms with E-state index in [1.54, 1.807) is 6.07 Å². The Morgan fingerprint density at radius 2 is 1.65 bits per heavy atom. The first-order valence-electron chi connectivity index (χ1n) is 8.05. The molecule has 1 aromatic carbocycles. The number of hydrogen-bond donors (Lipinski definition) is 0. The van der Waals surface area contributed by atoms with Gasteiger partial charge in [-0.3, -0.25) is 9.88 Å². The summed E-state index contributed by atoms with van der Waals surface area (Å²) in [4.78, 5) is 6.03. The van der Waals surface area contributed by atoms with Crippen molar-refractivity contribution in [3.05, 3.63) is 59.9 Å². The first-order chi connectivity index (χ1) is 12.3. The first-order valence-corrected chi connectivity index (χ1v) is 9.49. The summed E-state index contributed by atoms with van der Waals surface area (Å²) in [5.74, 6) is 0. The fraction of sp³-hybridized carbons (Fsp3) is 0.353. The van der Waals surface area contributed by atoms with E-state index in [9.17, 15) is 21.6 Å². The Morgan fingerprint density at radius 1 is 1.00 bits per heavy atom. The second kappa shape index (κ2) is 7.34. The topological polar surface area (TPSA) is 53.5 Å². The predicted molar refractivity (Wildman–Crippen MR) is 89.7 cm³/mol. The van der Waals surface area contributed by atoms with Gasteiger partial charge in [0.05, 0.1) is 5.56 Å². The van der Waals surface area contributed by atoms with Crippen molar-refractivity contribution < 1.29 is 21.6 Å². The summed E-state index contributed by atoms with van der Waals surface area (Å²) >= 11 is 0. The Bertz CT molecular complexity index is 832. The van der Waals surface area contributed by atoms with E-state index in [1.807, 2.05) is 4.90 Å². The molecular formula is C17H18F3N3O2S. The number of piperazine rings is 1. The van der Waals surface area contributed by atoms with Crippen molar-refractivity contribution in [3.8, 4) is 0 Å². The van der Waals surface area contributed by atoms with Crippen LogP contribution in [0, 0.1) is 0 Å². The summed E-state index contributed by atoms with van der Waals surface area (Å²) in [6.45, 7) is 2.18. The maximum absolute atomic E-state index is 12.6. The van der Waals surface area contributed by atoms with Gasteiger partial charge in [-0.2, -0.15) is 17.5 Å². The predicted octanol–water partition coefficient (Wildman–Crippen LogP) is 2.61. The molecule has 0 radical (unpaired) electrons. The van der Waals surface area contributed by atoms with Gasteiger partial charge in [0.25, 0.3) is 0 Å². The zero-order valence-corrected chi connectivity index (χ0v) is 14.7. The van der Waals surface area contributed by atoms with Gasteiger partial charge >= 0.3 is 6.18 Å². The molecule has 0 aliphatic carbocycles. The third kappa shape index (κ3) is 4.22. The third-order valence-electron chi connectivity index (χ3n) is 4.29. The quantitative estimate of drug-likeness (QED) is 0.812. The maximum atomic E-state index is 12.6. The van der Waals surface area contributed by atoms with Gasteiger partial charge in [-0.05, 0) is 29.8 Å². The van der Waals surface area contributed by atoms with E-state index in [4.69, 9.17) is 0 Å². The molecule has 1 fully saturated rings. The fourth-order valence-corrected chi connectivity index (χ4v) is 4.22. The van der Waals surface area contributed by atoms with Crippen molar-refractivity contribution in [1.29, 1.82) is 0 Å². The molecule has 0 spiro atoms. The average Bonchev–Trinajstić information content (AvgIpc) is 2.63. The van der Waals surface area contributed by atoms with Crippen LogP contribution in [0.3, 0.4) is 0 Å². The minimum Gasteiger partial charge on any atom is -0.296 e. The van der Waals surface area contributed by atoms with Crippen LogP contribution in [0.15, 0.2) is 53.7 Å². The van der Waals surface area contributed by atoms with Crippen LogP contribution in [-0.4, -0.2) is 48.8 Å². The van der Waals surface area contributed by atoms with Crippen LogP contribution in [0.5, 0.6) is 0 Å². The van der Waals surface area contributed by atoms with Crippen LogP contribution in [0.2, 0.25) is 0 Å². The smallest absolute Gasteiger partial charge is 0.296 e. The van der Waals surface area contributed by atoms with Crippen molar-refractivity contribution in [2.45, 2.75) is 17.6 Å². The Morgan fingerprint density at radius 3 is 2.19 bits per heavy atom. The van der Waals surface area contributed by atoms with E-state index in [0.29, 0.717) is 32.7 Å². The molecule has 140 valence electrons. The highest BCUT2D eigenvalue weighted by atomic mass is 32.2. The zero-order chi connectivity index (χ0) is 18.8. The standard InChI is InChI=1S/C17H18F3N3O2S/c18-17(19,20)15-5-3-14(4-6-15)13-22-8-10-23(11-9-22)26(24,25)16-2-1-7-21-12-16/h1-7,12H,8-11,13H2. The van der Waals surface area contributed by atoms with E-state index in [1.165, 1.54) is 34.9 Å². The SMILES string of the molecule is O=S(=O)(c1cccnc1)N1CCN(Cc2ccc(C(F)(F)F)cc2)CC1. The highest BCUT2D eigenvalue weighted by Gasteiger charge is 2.31. The Balaban J connectivity index is 1.59. The zero-order valence-electron chi connectivity index (χ0n) is 13.9. The molecule has 0 saturated carbocycles. The number of pyridine rings is 1. The van der Waals surface area contributed by atoms with Gasteiger partial charge < -0.3 is 0 Å². The molecule has 9 heteroatoms. The minimum absolute atomic E-state index is 0.163. The number of halogens is 3. The van der Waals surface area contributed by atoms with Crippen molar-refractivity contribution in [2.75, 3.05) is 26.2 Å². The lowest BCUT2D eigenvalue weighted by Crippen LogP contribution is -2.48. The second-order valence-electron chi connectivity index (χ2n) is 6.06. The molecule has 1 aliphatic heterocycles. The van der Waals surface area contributed by atoms with Crippen LogP contribution >= 0.6 is 0 Å². The molecule has 1 aromatic heterocycles. The van der Waals surface area contributed by atoms with E-state index < -0.39 is 21.8 Å². The van der Waals surface area contributed by atoms with Crippen molar-refractivity contribution in [1.82, 2.24) is 14.2 Å². The lowest BCUT2D eigenvalue weighted by atomic mass is 10.1. The van der Waals surface area contributed by atoms with E-state index in [-0.39, 0.29) is 4.90 Å². The average molecular weight is 385 g/mol. The number of hydrogen-bond acceptors (Lipinski definition) is 4. The molecular weight excluding hydrogens is 367 g/mol. The molecule has 5 nitrogen and oxygen atoms in total. The summed E-state index contributed by atoms with van der Waals surface area (Å²) in [5, 5.41) is 0.